The van der Waals surface area contributed by atoms with Crippen LogP contribution < -0.4 is 0 Å². The second-order valence-electron chi connectivity index (χ2n) is 5.86. The monoisotopic (exact) mass is 364 g/mol. The van der Waals surface area contributed by atoms with Crippen molar-refractivity contribution in [2.75, 3.05) is 0 Å². The van der Waals surface area contributed by atoms with Gasteiger partial charge < -0.3 is 25.5 Å². The van der Waals surface area contributed by atoms with Crippen molar-refractivity contribution in [3.8, 4) is 0 Å². The number of Topliss-reactive ketones (excluding diaryl/α,β-unsaturated/α-hetero) is 4. The first-order valence-corrected chi connectivity index (χ1v) is 7.90. The predicted molar refractivity (Wildman–Crippen MR) is 81.0 cm³/mol. The van der Waals surface area contributed by atoms with Gasteiger partial charge in [-0.05, 0) is 27.7 Å². The molecule has 1 fully saturated rings. The van der Waals surface area contributed by atoms with Crippen LogP contribution in [0.1, 0.15) is 27.7 Å². The average Bonchev–Trinajstić information content (AvgIpc) is 2.46. The van der Waals surface area contributed by atoms with Crippen LogP contribution in [0.3, 0.4) is 0 Å². The molecule has 1 aliphatic heterocycles. The largest absolute Gasteiger partial charge is 0.386 e. The van der Waals surface area contributed by atoms with Crippen molar-refractivity contribution in [3.63, 3.8) is 0 Å². The van der Waals surface area contributed by atoms with Gasteiger partial charge in [0, 0.05) is 0 Å². The van der Waals surface area contributed by atoms with Crippen molar-refractivity contribution < 1.29 is 44.7 Å². The molecule has 6 atom stereocenters. The van der Waals surface area contributed by atoms with Gasteiger partial charge in [0.05, 0.1) is 0 Å². The van der Waals surface area contributed by atoms with Gasteiger partial charge in [-0.15, -0.1) is 11.8 Å². The normalized spacial score (nSPS) is 40.7. The minimum absolute atomic E-state index is 0.105. The summed E-state index contributed by atoms with van der Waals surface area (Å²) in [5, 5.41) is 49.8. The van der Waals surface area contributed by atoms with Crippen LogP contribution >= 0.6 is 11.8 Å². The van der Waals surface area contributed by atoms with Gasteiger partial charge in [0.2, 0.25) is 0 Å². The van der Waals surface area contributed by atoms with Crippen LogP contribution in [0.2, 0.25) is 0 Å². The van der Waals surface area contributed by atoms with Gasteiger partial charge >= 0.3 is 0 Å². The fourth-order valence-electron chi connectivity index (χ4n) is 2.88. The lowest BCUT2D eigenvalue weighted by Crippen LogP contribution is -2.84. The van der Waals surface area contributed by atoms with E-state index in [1.165, 1.54) is 0 Å². The molecule has 9 nitrogen and oxygen atoms in total. The molecule has 0 aromatic carbocycles. The molecule has 10 heteroatoms. The summed E-state index contributed by atoms with van der Waals surface area (Å²) in [4.78, 5) is 48.2. The number of carbonyl (C=O) groups is 4. The van der Waals surface area contributed by atoms with E-state index in [0.717, 1.165) is 20.8 Å². The first-order chi connectivity index (χ1) is 10.7. The smallest absolute Gasteiger partial charge is 0.199 e. The van der Waals surface area contributed by atoms with Crippen LogP contribution in [-0.4, -0.2) is 82.3 Å². The van der Waals surface area contributed by atoms with E-state index in [1.54, 1.807) is 0 Å². The number of hydrogen-bond donors (Lipinski definition) is 5. The first kappa shape index (κ1) is 20.9. The van der Waals surface area contributed by atoms with E-state index < -0.39 is 56.7 Å². The molecule has 0 saturated carbocycles. The topological polar surface area (TPSA) is 169 Å². The maximum Gasteiger partial charge on any atom is 0.199 e. The standard InChI is InChI=1S/C14H20O9S/c1-5(15)9(19)10-12(21,6(2)16)14(23,8(4)18)13(22,7(3)17)11(20)24-10/h5,10-11,15,20-23H,1-4H3/t5?,10-,11-,12+,13-,14-/m0/s1. The Morgan fingerprint density at radius 2 is 1.33 bits per heavy atom. The molecule has 24 heavy (non-hydrogen) atoms. The van der Waals surface area contributed by atoms with Gasteiger partial charge in [-0.3, -0.25) is 19.2 Å². The van der Waals surface area contributed by atoms with Crippen LogP contribution in [0.25, 0.3) is 0 Å². The molecule has 0 radical (unpaired) electrons. The van der Waals surface area contributed by atoms with Crippen LogP contribution in [0, 0.1) is 0 Å². The third-order valence-corrected chi connectivity index (χ3v) is 5.80. The van der Waals surface area contributed by atoms with Crippen LogP contribution in [-0.2, 0) is 19.2 Å². The maximum atomic E-state index is 12.2. The molecule has 1 heterocycles. The Kier molecular flexibility index (Phi) is 5.46. The third-order valence-electron chi connectivity index (χ3n) is 4.36. The summed E-state index contributed by atoms with van der Waals surface area (Å²) in [6.07, 6.45) is -1.71. The molecular formula is C14H20O9S. The Bertz CT molecular complexity index is 603. The van der Waals surface area contributed by atoms with E-state index in [1.807, 2.05) is 0 Å². The average molecular weight is 364 g/mol. The number of carbonyl (C=O) groups excluding carboxylic acids is 4. The van der Waals surface area contributed by atoms with Gasteiger partial charge in [0.25, 0.3) is 0 Å². The Morgan fingerprint density at radius 1 is 0.917 bits per heavy atom. The van der Waals surface area contributed by atoms with Crippen LogP contribution in [0.4, 0.5) is 0 Å². The van der Waals surface area contributed by atoms with E-state index >= 15 is 0 Å². The summed E-state index contributed by atoms with van der Waals surface area (Å²) in [6.45, 7) is 3.20. The fraction of sp³-hybridized carbons (Fsp3) is 0.714. The van der Waals surface area contributed by atoms with Crippen LogP contribution in [0.5, 0.6) is 0 Å². The van der Waals surface area contributed by atoms with E-state index in [-0.39, 0.29) is 11.8 Å². The van der Waals surface area contributed by atoms with Crippen molar-refractivity contribution in [1.82, 2.24) is 0 Å². The molecular weight excluding hydrogens is 344 g/mol. The summed E-state index contributed by atoms with van der Waals surface area (Å²) >= 11 is 0.105. The first-order valence-electron chi connectivity index (χ1n) is 6.96. The summed E-state index contributed by atoms with van der Waals surface area (Å²) in [7, 11) is 0. The molecule has 0 aliphatic carbocycles. The Balaban J connectivity index is 3.86. The third kappa shape index (κ3) is 2.37. The summed E-state index contributed by atoms with van der Waals surface area (Å²) in [5.74, 6) is -5.15. The van der Waals surface area contributed by atoms with E-state index in [9.17, 15) is 44.7 Å². The van der Waals surface area contributed by atoms with Gasteiger partial charge in [0.1, 0.15) is 16.8 Å². The Hall–Kier alpha value is -1.17. The number of ketones is 4. The highest BCUT2D eigenvalue weighted by molar-refractivity contribution is 8.01. The SMILES string of the molecule is CC(=O)[C@]1(O)[C@@](O)(C(C)=O)[C@H](C(=O)C(C)O)S[C@H](O)[C@@]1(O)C(C)=O. The molecule has 0 aromatic rings. The quantitative estimate of drug-likeness (QED) is 0.347. The number of aliphatic hydroxyl groups excluding tert-OH is 2. The summed E-state index contributed by atoms with van der Waals surface area (Å²) in [6, 6.07) is 0. The molecule has 1 rings (SSSR count). The molecule has 0 spiro atoms. The van der Waals surface area contributed by atoms with E-state index in [2.05, 4.69) is 0 Å². The van der Waals surface area contributed by atoms with Crippen molar-refractivity contribution in [3.05, 3.63) is 0 Å². The molecule has 0 amide bonds. The Labute approximate surface area is 141 Å². The molecule has 1 aliphatic rings. The lowest BCUT2D eigenvalue weighted by atomic mass is 9.63. The molecule has 0 bridgehead atoms. The zero-order valence-corrected chi connectivity index (χ0v) is 14.3. The molecule has 136 valence electrons. The van der Waals surface area contributed by atoms with Crippen molar-refractivity contribution >= 4 is 34.9 Å². The van der Waals surface area contributed by atoms with Gasteiger partial charge in [-0.2, -0.15) is 0 Å². The predicted octanol–water partition coefficient (Wildman–Crippen LogP) is -2.67. The lowest BCUT2D eigenvalue weighted by Gasteiger charge is -2.56. The van der Waals surface area contributed by atoms with Crippen molar-refractivity contribution in [1.29, 1.82) is 0 Å². The zero-order chi connectivity index (χ0) is 19.2. The van der Waals surface area contributed by atoms with E-state index in [4.69, 9.17) is 0 Å². The highest BCUT2D eigenvalue weighted by Crippen LogP contribution is 2.51. The number of rotatable bonds is 5. The van der Waals surface area contributed by atoms with Crippen molar-refractivity contribution in [2.24, 2.45) is 0 Å². The zero-order valence-electron chi connectivity index (χ0n) is 13.5. The second-order valence-corrected chi connectivity index (χ2v) is 7.05. The van der Waals surface area contributed by atoms with Gasteiger partial charge in [0.15, 0.2) is 39.9 Å². The van der Waals surface area contributed by atoms with Gasteiger partial charge in [-0.25, -0.2) is 0 Å². The maximum absolute atomic E-state index is 12.2. The number of aliphatic hydroxyl groups is 5. The molecule has 0 aromatic heterocycles. The highest BCUT2D eigenvalue weighted by Gasteiger charge is 2.78. The minimum atomic E-state index is -3.49. The van der Waals surface area contributed by atoms with Crippen molar-refractivity contribution in [2.45, 2.75) is 61.3 Å². The fourth-order valence-corrected chi connectivity index (χ4v) is 4.54. The van der Waals surface area contributed by atoms with Gasteiger partial charge in [-0.1, -0.05) is 0 Å². The minimum Gasteiger partial charge on any atom is -0.386 e. The van der Waals surface area contributed by atoms with E-state index in [0.29, 0.717) is 6.92 Å². The summed E-state index contributed by atoms with van der Waals surface area (Å²) in [5.41, 5.74) is -12.2. The second kappa shape index (κ2) is 6.28. The number of thioether (sulfide) groups is 1. The summed E-state index contributed by atoms with van der Waals surface area (Å²) < 4.78 is 0. The highest BCUT2D eigenvalue weighted by atomic mass is 32.2. The molecule has 1 saturated heterocycles. The molecule has 1 unspecified atom stereocenters. The lowest BCUT2D eigenvalue weighted by molar-refractivity contribution is -0.243. The Morgan fingerprint density at radius 3 is 1.62 bits per heavy atom. The molecule has 5 N–H and O–H groups in total. The van der Waals surface area contributed by atoms with Crippen LogP contribution in [0.15, 0.2) is 0 Å². The number of hydrogen-bond acceptors (Lipinski definition) is 10.